The lowest BCUT2D eigenvalue weighted by atomic mass is 10.1. The fourth-order valence-corrected chi connectivity index (χ4v) is 2.69. The molecule has 0 bridgehead atoms. The van der Waals surface area contributed by atoms with Crippen LogP contribution in [-0.4, -0.2) is 12.6 Å². The molecule has 0 saturated carbocycles. The van der Waals surface area contributed by atoms with Crippen LogP contribution in [0.4, 0.5) is 0 Å². The summed E-state index contributed by atoms with van der Waals surface area (Å²) in [5, 5.41) is 5.73. The second kappa shape index (κ2) is 6.62. The van der Waals surface area contributed by atoms with Crippen LogP contribution in [0.25, 0.3) is 0 Å². The molecule has 3 heteroatoms. The molecular formula is C14H19NOS. The third-order valence-corrected chi connectivity index (χ3v) is 3.64. The number of rotatable bonds is 7. The van der Waals surface area contributed by atoms with Gasteiger partial charge in [-0.15, -0.1) is 11.3 Å². The van der Waals surface area contributed by atoms with Crippen LogP contribution < -0.4 is 5.32 Å². The van der Waals surface area contributed by atoms with Gasteiger partial charge in [0, 0.05) is 17.3 Å². The monoisotopic (exact) mass is 249 g/mol. The fraction of sp³-hybridized carbons (Fsp3) is 0.429. The molecule has 2 heterocycles. The Kier molecular flexibility index (Phi) is 4.83. The second-order valence-corrected chi connectivity index (χ2v) is 5.25. The molecule has 0 saturated heterocycles. The summed E-state index contributed by atoms with van der Waals surface area (Å²) in [5.41, 5.74) is 0. The molecule has 2 nitrogen and oxygen atoms in total. The van der Waals surface area contributed by atoms with Gasteiger partial charge in [0.1, 0.15) is 5.76 Å². The van der Waals surface area contributed by atoms with Crippen LogP contribution in [0.1, 0.15) is 24.0 Å². The molecule has 2 aromatic rings. The van der Waals surface area contributed by atoms with Gasteiger partial charge in [-0.3, -0.25) is 0 Å². The van der Waals surface area contributed by atoms with Crippen molar-refractivity contribution in [2.45, 2.75) is 32.2 Å². The highest BCUT2D eigenvalue weighted by atomic mass is 32.1. The van der Waals surface area contributed by atoms with Crippen LogP contribution in [0.5, 0.6) is 0 Å². The van der Waals surface area contributed by atoms with Gasteiger partial charge < -0.3 is 9.73 Å². The van der Waals surface area contributed by atoms with E-state index in [1.807, 2.05) is 17.4 Å². The lowest BCUT2D eigenvalue weighted by Crippen LogP contribution is -2.33. The summed E-state index contributed by atoms with van der Waals surface area (Å²) in [6.07, 6.45) is 4.96. The van der Waals surface area contributed by atoms with Crippen molar-refractivity contribution in [1.29, 1.82) is 0 Å². The number of hydrogen-bond acceptors (Lipinski definition) is 3. The van der Waals surface area contributed by atoms with E-state index in [9.17, 15) is 0 Å². The van der Waals surface area contributed by atoms with E-state index in [4.69, 9.17) is 4.42 Å². The molecule has 2 aromatic heterocycles. The maximum Gasteiger partial charge on any atom is 0.105 e. The first-order valence-corrected chi connectivity index (χ1v) is 7.04. The number of nitrogens with one attached hydrogen (secondary N) is 1. The largest absolute Gasteiger partial charge is 0.469 e. The minimum absolute atomic E-state index is 0.472. The number of thiophene rings is 1. The minimum atomic E-state index is 0.472. The molecule has 0 aliphatic rings. The normalized spacial score (nSPS) is 12.8. The van der Waals surface area contributed by atoms with E-state index >= 15 is 0 Å². The van der Waals surface area contributed by atoms with Gasteiger partial charge in [0.25, 0.3) is 0 Å². The smallest absolute Gasteiger partial charge is 0.105 e. The molecule has 1 atom stereocenters. The van der Waals surface area contributed by atoms with E-state index in [2.05, 4.69) is 35.8 Å². The van der Waals surface area contributed by atoms with Crippen molar-refractivity contribution in [2.24, 2.45) is 0 Å². The quantitative estimate of drug-likeness (QED) is 0.812. The van der Waals surface area contributed by atoms with Crippen LogP contribution in [0.2, 0.25) is 0 Å². The molecule has 0 radical (unpaired) electrons. The average Bonchev–Trinajstić information content (AvgIpc) is 2.99. The molecule has 1 unspecified atom stereocenters. The van der Waals surface area contributed by atoms with Crippen molar-refractivity contribution in [3.8, 4) is 0 Å². The Morgan fingerprint density at radius 3 is 2.88 bits per heavy atom. The Hall–Kier alpha value is -1.06. The third-order valence-electron chi connectivity index (χ3n) is 2.74. The minimum Gasteiger partial charge on any atom is -0.469 e. The molecule has 0 spiro atoms. The van der Waals surface area contributed by atoms with Crippen molar-refractivity contribution in [1.82, 2.24) is 5.32 Å². The van der Waals surface area contributed by atoms with E-state index in [0.29, 0.717) is 6.04 Å². The van der Waals surface area contributed by atoms with Crippen molar-refractivity contribution in [3.63, 3.8) is 0 Å². The molecule has 0 amide bonds. The Balaban J connectivity index is 1.92. The Morgan fingerprint density at radius 1 is 1.29 bits per heavy atom. The van der Waals surface area contributed by atoms with Crippen LogP contribution >= 0.6 is 11.3 Å². The van der Waals surface area contributed by atoms with Crippen molar-refractivity contribution in [2.75, 3.05) is 6.54 Å². The fourth-order valence-electron chi connectivity index (χ4n) is 1.91. The lowest BCUT2D eigenvalue weighted by molar-refractivity contribution is 0.440. The summed E-state index contributed by atoms with van der Waals surface area (Å²) < 4.78 is 5.43. The summed E-state index contributed by atoms with van der Waals surface area (Å²) in [5.74, 6) is 1.06. The maximum absolute atomic E-state index is 5.43. The molecule has 0 aliphatic heterocycles. The average molecular weight is 249 g/mol. The molecule has 1 N–H and O–H groups in total. The molecule has 0 aliphatic carbocycles. The van der Waals surface area contributed by atoms with E-state index in [1.54, 1.807) is 6.26 Å². The molecule has 2 rings (SSSR count). The Morgan fingerprint density at radius 2 is 2.24 bits per heavy atom. The van der Waals surface area contributed by atoms with Gasteiger partial charge in [-0.1, -0.05) is 13.0 Å². The van der Waals surface area contributed by atoms with E-state index in [1.165, 1.54) is 11.3 Å². The first-order chi connectivity index (χ1) is 8.38. The Labute approximate surface area is 107 Å². The van der Waals surface area contributed by atoms with E-state index < -0.39 is 0 Å². The zero-order chi connectivity index (χ0) is 11.9. The predicted molar refractivity (Wildman–Crippen MR) is 72.5 cm³/mol. The standard InChI is InChI=1S/C14H19NOS/c1-2-7-15-12(10-13-5-3-8-16-13)11-14-6-4-9-17-14/h3-6,8-9,12,15H,2,7,10-11H2,1H3. The highest BCUT2D eigenvalue weighted by Crippen LogP contribution is 2.14. The first-order valence-electron chi connectivity index (χ1n) is 6.16. The summed E-state index contributed by atoms with van der Waals surface area (Å²) in [4.78, 5) is 1.44. The topological polar surface area (TPSA) is 25.2 Å². The number of hydrogen-bond donors (Lipinski definition) is 1. The van der Waals surface area contributed by atoms with Crippen molar-refractivity contribution in [3.05, 3.63) is 46.5 Å². The highest BCUT2D eigenvalue weighted by Gasteiger charge is 2.11. The number of furan rings is 1. The highest BCUT2D eigenvalue weighted by molar-refractivity contribution is 7.09. The predicted octanol–water partition coefficient (Wildman–Crippen LogP) is 3.49. The van der Waals surface area contributed by atoms with Gasteiger partial charge in [-0.2, -0.15) is 0 Å². The van der Waals surface area contributed by atoms with E-state index in [0.717, 1.165) is 25.1 Å². The van der Waals surface area contributed by atoms with E-state index in [-0.39, 0.29) is 0 Å². The summed E-state index contributed by atoms with van der Waals surface area (Å²) >= 11 is 1.83. The van der Waals surface area contributed by atoms with Crippen molar-refractivity contribution < 1.29 is 4.42 Å². The first kappa shape index (κ1) is 12.4. The SMILES string of the molecule is CCCNC(Cc1ccco1)Cc1cccs1. The van der Waals surface area contributed by atoms with Gasteiger partial charge >= 0.3 is 0 Å². The zero-order valence-electron chi connectivity index (χ0n) is 10.2. The summed E-state index contributed by atoms with van der Waals surface area (Å²) in [6, 6.07) is 8.80. The zero-order valence-corrected chi connectivity index (χ0v) is 11.0. The second-order valence-electron chi connectivity index (χ2n) is 4.22. The lowest BCUT2D eigenvalue weighted by Gasteiger charge is -2.16. The van der Waals surface area contributed by atoms with Crippen molar-refractivity contribution >= 4 is 11.3 Å². The third kappa shape index (κ3) is 4.02. The maximum atomic E-state index is 5.43. The Bertz CT molecular complexity index is 358. The molecular weight excluding hydrogens is 230 g/mol. The van der Waals surface area contributed by atoms with Crippen LogP contribution in [-0.2, 0) is 12.8 Å². The molecule has 17 heavy (non-hydrogen) atoms. The van der Waals surface area contributed by atoms with Crippen LogP contribution in [0.3, 0.4) is 0 Å². The van der Waals surface area contributed by atoms with Gasteiger partial charge in [0.2, 0.25) is 0 Å². The van der Waals surface area contributed by atoms with Gasteiger partial charge in [-0.25, -0.2) is 0 Å². The van der Waals surface area contributed by atoms with Gasteiger partial charge in [0.05, 0.1) is 6.26 Å². The van der Waals surface area contributed by atoms with Gasteiger partial charge in [-0.05, 0) is 43.0 Å². The summed E-state index contributed by atoms with van der Waals surface area (Å²) in [6.45, 7) is 3.26. The van der Waals surface area contributed by atoms with Crippen LogP contribution in [0.15, 0.2) is 40.3 Å². The molecule has 92 valence electrons. The molecule has 0 fully saturated rings. The van der Waals surface area contributed by atoms with Gasteiger partial charge in [0.15, 0.2) is 0 Å². The molecule has 0 aromatic carbocycles. The summed E-state index contributed by atoms with van der Waals surface area (Å²) in [7, 11) is 0. The van der Waals surface area contributed by atoms with Crippen LogP contribution in [0, 0.1) is 0 Å².